The first-order valence-electron chi connectivity index (χ1n) is 6.29. The van der Waals surface area contributed by atoms with Crippen molar-refractivity contribution in [3.05, 3.63) is 60.3 Å². The van der Waals surface area contributed by atoms with Gasteiger partial charge in [0.1, 0.15) is 11.5 Å². The molecule has 0 unspecified atom stereocenters. The van der Waals surface area contributed by atoms with E-state index in [1.165, 1.54) is 0 Å². The number of para-hydroxylation sites is 1. The highest BCUT2D eigenvalue weighted by atomic mass is 16.5. The fourth-order valence-electron chi connectivity index (χ4n) is 2.10. The molecule has 3 N–H and O–H groups in total. The molecule has 0 saturated carbocycles. The zero-order chi connectivity index (χ0) is 13.9. The van der Waals surface area contributed by atoms with Crippen LogP contribution in [0.4, 0.5) is 5.69 Å². The summed E-state index contributed by atoms with van der Waals surface area (Å²) < 4.78 is 5.88. The number of aliphatic hydroxyl groups excluding tert-OH is 1. The lowest BCUT2D eigenvalue weighted by Crippen LogP contribution is -1.92. The van der Waals surface area contributed by atoms with Crippen molar-refractivity contribution < 1.29 is 9.84 Å². The van der Waals surface area contributed by atoms with Crippen LogP contribution < -0.4 is 10.5 Å². The fraction of sp³-hybridized carbons (Fsp3) is 0.0625. The summed E-state index contributed by atoms with van der Waals surface area (Å²) in [6, 6.07) is 14.7. The van der Waals surface area contributed by atoms with Gasteiger partial charge in [-0.25, -0.2) is 0 Å². The first-order chi connectivity index (χ1) is 9.78. The second-order valence-electron chi connectivity index (χ2n) is 4.46. The van der Waals surface area contributed by atoms with Crippen LogP contribution in [0.15, 0.2) is 54.7 Å². The molecule has 0 bridgehead atoms. The van der Waals surface area contributed by atoms with Gasteiger partial charge in [0, 0.05) is 11.6 Å². The zero-order valence-electron chi connectivity index (χ0n) is 10.8. The number of ether oxygens (including phenoxy) is 1. The van der Waals surface area contributed by atoms with Gasteiger partial charge in [0.25, 0.3) is 0 Å². The molecule has 4 heteroatoms. The minimum atomic E-state index is -0.0127. The van der Waals surface area contributed by atoms with Crippen molar-refractivity contribution in [3.63, 3.8) is 0 Å². The van der Waals surface area contributed by atoms with Crippen molar-refractivity contribution in [2.45, 2.75) is 6.61 Å². The molecular weight excluding hydrogens is 252 g/mol. The molecule has 100 valence electrons. The number of hydrogen-bond acceptors (Lipinski definition) is 4. The molecule has 1 heterocycles. The molecule has 0 spiro atoms. The van der Waals surface area contributed by atoms with Crippen LogP contribution in [0.3, 0.4) is 0 Å². The van der Waals surface area contributed by atoms with Crippen molar-refractivity contribution in [2.24, 2.45) is 0 Å². The van der Waals surface area contributed by atoms with Crippen LogP contribution in [0.1, 0.15) is 5.56 Å². The topological polar surface area (TPSA) is 68.4 Å². The van der Waals surface area contributed by atoms with E-state index in [2.05, 4.69) is 4.98 Å². The molecule has 1 aromatic heterocycles. The second-order valence-corrected chi connectivity index (χ2v) is 4.46. The molecular formula is C16H14N2O2. The lowest BCUT2D eigenvalue weighted by atomic mass is 10.2. The van der Waals surface area contributed by atoms with Gasteiger partial charge in [-0.2, -0.15) is 0 Å². The molecule has 0 amide bonds. The largest absolute Gasteiger partial charge is 0.457 e. The summed E-state index contributed by atoms with van der Waals surface area (Å²) in [6.45, 7) is -0.0127. The van der Waals surface area contributed by atoms with Gasteiger partial charge in [-0.1, -0.05) is 18.2 Å². The normalized spacial score (nSPS) is 10.7. The van der Waals surface area contributed by atoms with Gasteiger partial charge in [-0.05, 0) is 35.9 Å². The van der Waals surface area contributed by atoms with E-state index in [1.807, 2.05) is 36.4 Å². The molecule has 0 atom stereocenters. The number of hydrogen-bond donors (Lipinski definition) is 2. The summed E-state index contributed by atoms with van der Waals surface area (Å²) in [5.74, 6) is 1.36. The molecule has 4 nitrogen and oxygen atoms in total. The van der Waals surface area contributed by atoms with E-state index in [9.17, 15) is 0 Å². The van der Waals surface area contributed by atoms with Crippen LogP contribution >= 0.6 is 0 Å². The van der Waals surface area contributed by atoms with Crippen molar-refractivity contribution >= 4 is 16.6 Å². The summed E-state index contributed by atoms with van der Waals surface area (Å²) in [4.78, 5) is 4.27. The van der Waals surface area contributed by atoms with Crippen LogP contribution in [0.5, 0.6) is 11.5 Å². The molecule has 0 fully saturated rings. The van der Waals surface area contributed by atoms with Crippen LogP contribution in [0.2, 0.25) is 0 Å². The zero-order valence-corrected chi connectivity index (χ0v) is 10.8. The van der Waals surface area contributed by atoms with E-state index in [-0.39, 0.29) is 6.61 Å². The van der Waals surface area contributed by atoms with Gasteiger partial charge in [-0.3, -0.25) is 4.98 Å². The van der Waals surface area contributed by atoms with E-state index in [1.54, 1.807) is 18.3 Å². The number of pyridine rings is 1. The van der Waals surface area contributed by atoms with E-state index < -0.39 is 0 Å². The smallest absolute Gasteiger partial charge is 0.138 e. The Morgan fingerprint density at radius 1 is 1.10 bits per heavy atom. The average molecular weight is 266 g/mol. The predicted octanol–water partition coefficient (Wildman–Crippen LogP) is 3.10. The summed E-state index contributed by atoms with van der Waals surface area (Å²) in [6.07, 6.45) is 1.67. The molecule has 20 heavy (non-hydrogen) atoms. The average Bonchev–Trinajstić information content (AvgIpc) is 2.49. The van der Waals surface area contributed by atoms with Gasteiger partial charge in [-0.15, -0.1) is 0 Å². The number of fused-ring (bicyclic) bond motifs is 1. The molecule has 0 radical (unpaired) electrons. The highest BCUT2D eigenvalue weighted by molar-refractivity contribution is 5.93. The van der Waals surface area contributed by atoms with Crippen LogP contribution in [-0.2, 0) is 6.61 Å². The number of aliphatic hydroxyl groups is 1. The van der Waals surface area contributed by atoms with Gasteiger partial charge in [0.2, 0.25) is 0 Å². The number of anilines is 1. The minimum Gasteiger partial charge on any atom is -0.457 e. The number of nitrogens with zero attached hydrogens (tertiary/aromatic N) is 1. The van der Waals surface area contributed by atoms with Gasteiger partial charge in [0.05, 0.1) is 17.8 Å². The maximum absolute atomic E-state index is 9.15. The Labute approximate surface area is 116 Å². The minimum absolute atomic E-state index is 0.0127. The third-order valence-corrected chi connectivity index (χ3v) is 3.07. The Balaban J connectivity index is 2.04. The summed E-state index contributed by atoms with van der Waals surface area (Å²) >= 11 is 0. The van der Waals surface area contributed by atoms with E-state index in [0.717, 1.165) is 16.5 Å². The Morgan fingerprint density at radius 3 is 2.80 bits per heavy atom. The number of nitrogens with two attached hydrogens (primary N) is 1. The van der Waals surface area contributed by atoms with Crippen molar-refractivity contribution in [2.75, 3.05) is 5.73 Å². The molecule has 0 aliphatic carbocycles. The predicted molar refractivity (Wildman–Crippen MR) is 78.6 cm³/mol. The standard InChI is InChI=1S/C16H14N2O2/c17-14-6-2-5-13-15(7-8-18-16(13)14)20-12-4-1-3-11(9-12)10-19/h1-9,19H,10,17H2. The molecule has 0 saturated heterocycles. The maximum atomic E-state index is 9.15. The van der Waals surface area contributed by atoms with Gasteiger partial charge >= 0.3 is 0 Å². The molecule has 0 aliphatic heterocycles. The Morgan fingerprint density at radius 2 is 1.95 bits per heavy atom. The Bertz CT molecular complexity index is 756. The number of aromatic nitrogens is 1. The van der Waals surface area contributed by atoms with Crippen LogP contribution in [0, 0.1) is 0 Å². The molecule has 0 aliphatic rings. The maximum Gasteiger partial charge on any atom is 0.138 e. The Hall–Kier alpha value is -2.59. The van der Waals surface area contributed by atoms with E-state index in [4.69, 9.17) is 15.6 Å². The Kier molecular flexibility index (Phi) is 3.23. The highest BCUT2D eigenvalue weighted by Gasteiger charge is 2.06. The number of nitrogen functional groups attached to an aromatic ring is 1. The fourth-order valence-corrected chi connectivity index (χ4v) is 2.10. The SMILES string of the molecule is Nc1cccc2c(Oc3cccc(CO)c3)ccnc12. The highest BCUT2D eigenvalue weighted by Crippen LogP contribution is 2.31. The van der Waals surface area contributed by atoms with Gasteiger partial charge in [0.15, 0.2) is 0 Å². The number of rotatable bonds is 3. The quantitative estimate of drug-likeness (QED) is 0.715. The first-order valence-corrected chi connectivity index (χ1v) is 6.29. The van der Waals surface area contributed by atoms with E-state index >= 15 is 0 Å². The monoisotopic (exact) mass is 266 g/mol. The lowest BCUT2D eigenvalue weighted by Gasteiger charge is -2.10. The van der Waals surface area contributed by atoms with Gasteiger partial charge < -0.3 is 15.6 Å². The third-order valence-electron chi connectivity index (χ3n) is 3.07. The molecule has 3 rings (SSSR count). The number of benzene rings is 2. The van der Waals surface area contributed by atoms with E-state index in [0.29, 0.717) is 17.2 Å². The summed E-state index contributed by atoms with van der Waals surface area (Å²) in [7, 11) is 0. The van der Waals surface area contributed by atoms with Crippen molar-refractivity contribution in [1.29, 1.82) is 0 Å². The molecule has 2 aromatic carbocycles. The third kappa shape index (κ3) is 2.29. The molecule has 3 aromatic rings. The van der Waals surface area contributed by atoms with Crippen LogP contribution in [0.25, 0.3) is 10.9 Å². The summed E-state index contributed by atoms with van der Waals surface area (Å²) in [5, 5.41) is 10.0. The lowest BCUT2D eigenvalue weighted by molar-refractivity contribution is 0.281. The summed E-state index contributed by atoms with van der Waals surface area (Å²) in [5.41, 5.74) is 8.07. The van der Waals surface area contributed by atoms with Crippen molar-refractivity contribution in [1.82, 2.24) is 4.98 Å². The van der Waals surface area contributed by atoms with Crippen molar-refractivity contribution in [3.8, 4) is 11.5 Å². The first kappa shape index (κ1) is 12.4. The van der Waals surface area contributed by atoms with Crippen LogP contribution in [-0.4, -0.2) is 10.1 Å². The second kappa shape index (κ2) is 5.19.